The first-order valence-corrected chi connectivity index (χ1v) is 7.66. The number of rotatable bonds is 4. The van der Waals surface area contributed by atoms with E-state index in [-0.39, 0.29) is 28.6 Å². The molecule has 0 aromatic heterocycles. The monoisotopic (exact) mass is 362 g/mol. The fraction of sp³-hybridized carbons (Fsp3) is 0.278. The van der Waals surface area contributed by atoms with Crippen molar-refractivity contribution < 1.29 is 39.1 Å². The molecule has 138 valence electrons. The molecule has 0 saturated heterocycles. The fourth-order valence-electron chi connectivity index (χ4n) is 2.93. The predicted molar refractivity (Wildman–Crippen MR) is 89.5 cm³/mol. The highest BCUT2D eigenvalue weighted by molar-refractivity contribution is 6.06. The number of hydrogen-bond donors (Lipinski definition) is 3. The van der Waals surface area contributed by atoms with Crippen LogP contribution in [0.1, 0.15) is 22.0 Å². The Labute approximate surface area is 149 Å². The van der Waals surface area contributed by atoms with Crippen molar-refractivity contribution in [2.24, 2.45) is 0 Å². The van der Waals surface area contributed by atoms with Crippen LogP contribution in [-0.4, -0.2) is 48.5 Å². The Morgan fingerprint density at radius 2 is 1.65 bits per heavy atom. The topological polar surface area (TPSA) is 115 Å². The summed E-state index contributed by atoms with van der Waals surface area (Å²) >= 11 is 0. The summed E-state index contributed by atoms with van der Waals surface area (Å²) in [6, 6.07) is 5.89. The van der Waals surface area contributed by atoms with Crippen LogP contribution in [0.15, 0.2) is 24.3 Å². The number of Topliss-reactive ketones (excluding diaryl/α,β-unsaturated/α-hetero) is 1. The SMILES string of the molecule is COc1ccc([C@H]2Oc3cc(OC)c(O)c(O)c3C(=O)[C@@H]2OC)cc1O. The molecule has 0 radical (unpaired) electrons. The number of carbonyl (C=O) groups is 1. The Hall–Kier alpha value is -3.13. The molecule has 26 heavy (non-hydrogen) atoms. The molecule has 2 aromatic rings. The third-order valence-corrected chi connectivity index (χ3v) is 4.24. The van der Waals surface area contributed by atoms with E-state index in [1.54, 1.807) is 6.07 Å². The van der Waals surface area contributed by atoms with Crippen LogP contribution in [0.5, 0.6) is 34.5 Å². The van der Waals surface area contributed by atoms with E-state index in [0.29, 0.717) is 5.56 Å². The molecule has 0 saturated carbocycles. The smallest absolute Gasteiger partial charge is 0.203 e. The van der Waals surface area contributed by atoms with Gasteiger partial charge in [-0.2, -0.15) is 0 Å². The predicted octanol–water partition coefficient (Wildman–Crippen LogP) is 2.15. The number of aromatic hydroxyl groups is 3. The minimum absolute atomic E-state index is 0.0377. The molecule has 8 heteroatoms. The Balaban J connectivity index is 2.11. The van der Waals surface area contributed by atoms with Gasteiger partial charge in [-0.15, -0.1) is 0 Å². The van der Waals surface area contributed by atoms with E-state index >= 15 is 0 Å². The van der Waals surface area contributed by atoms with E-state index in [1.165, 1.54) is 39.5 Å². The van der Waals surface area contributed by atoms with Crippen LogP contribution in [0.3, 0.4) is 0 Å². The summed E-state index contributed by atoms with van der Waals surface area (Å²) in [6.45, 7) is 0. The average Bonchev–Trinajstić information content (AvgIpc) is 2.64. The number of phenolic OH excluding ortho intramolecular Hbond substituents is 3. The van der Waals surface area contributed by atoms with Gasteiger partial charge in [-0.05, 0) is 17.7 Å². The molecule has 8 nitrogen and oxygen atoms in total. The van der Waals surface area contributed by atoms with Crippen LogP contribution in [0.4, 0.5) is 0 Å². The lowest BCUT2D eigenvalue weighted by atomic mass is 9.92. The van der Waals surface area contributed by atoms with Crippen molar-refractivity contribution in [1.29, 1.82) is 0 Å². The van der Waals surface area contributed by atoms with Crippen molar-refractivity contribution >= 4 is 5.78 Å². The summed E-state index contributed by atoms with van der Waals surface area (Å²) < 4.78 is 21.1. The van der Waals surface area contributed by atoms with E-state index in [4.69, 9.17) is 18.9 Å². The highest BCUT2D eigenvalue weighted by Gasteiger charge is 2.42. The van der Waals surface area contributed by atoms with Crippen molar-refractivity contribution in [3.63, 3.8) is 0 Å². The minimum Gasteiger partial charge on any atom is -0.504 e. The van der Waals surface area contributed by atoms with Crippen LogP contribution < -0.4 is 14.2 Å². The molecule has 0 spiro atoms. The van der Waals surface area contributed by atoms with Crippen molar-refractivity contribution in [3.8, 4) is 34.5 Å². The second-order valence-electron chi connectivity index (χ2n) is 5.64. The normalized spacial score (nSPS) is 18.8. The zero-order chi connectivity index (χ0) is 19.0. The quantitative estimate of drug-likeness (QED) is 0.709. The maximum absolute atomic E-state index is 12.8. The zero-order valence-electron chi connectivity index (χ0n) is 14.3. The van der Waals surface area contributed by atoms with Gasteiger partial charge in [-0.25, -0.2) is 0 Å². The molecule has 0 unspecified atom stereocenters. The minimum atomic E-state index is -1.09. The van der Waals surface area contributed by atoms with Crippen LogP contribution in [0.25, 0.3) is 0 Å². The van der Waals surface area contributed by atoms with Gasteiger partial charge in [0.25, 0.3) is 0 Å². The molecule has 1 heterocycles. The summed E-state index contributed by atoms with van der Waals surface area (Å²) in [4.78, 5) is 12.8. The van der Waals surface area contributed by atoms with Gasteiger partial charge in [0.2, 0.25) is 11.5 Å². The molecule has 0 fully saturated rings. The summed E-state index contributed by atoms with van der Waals surface area (Å²) in [7, 11) is 4.06. The van der Waals surface area contributed by atoms with Crippen molar-refractivity contribution in [3.05, 3.63) is 35.4 Å². The molecule has 0 aliphatic carbocycles. The summed E-state index contributed by atoms with van der Waals surface area (Å²) in [5, 5.41) is 30.1. The number of phenols is 3. The lowest BCUT2D eigenvalue weighted by Gasteiger charge is -2.32. The Kier molecular flexibility index (Phi) is 4.52. The van der Waals surface area contributed by atoms with E-state index in [0.717, 1.165) is 0 Å². The average molecular weight is 362 g/mol. The summed E-state index contributed by atoms with van der Waals surface area (Å²) in [6.07, 6.45) is -1.97. The van der Waals surface area contributed by atoms with E-state index in [1.807, 2.05) is 0 Å². The van der Waals surface area contributed by atoms with Gasteiger partial charge in [-0.1, -0.05) is 6.07 Å². The second kappa shape index (κ2) is 6.64. The van der Waals surface area contributed by atoms with Crippen molar-refractivity contribution in [2.45, 2.75) is 12.2 Å². The van der Waals surface area contributed by atoms with E-state index < -0.39 is 29.5 Å². The molecule has 3 rings (SSSR count). The molecule has 1 aliphatic heterocycles. The standard InChI is InChI=1S/C18H18O8/c1-23-10-5-4-8(6-9(10)19)17-18(25-3)16(22)13-11(26-17)7-12(24-2)14(20)15(13)21/h4-7,17-21H,1-3H3/t17-,18+/m1/s1. The number of hydrogen-bond acceptors (Lipinski definition) is 8. The number of ketones is 1. The van der Waals surface area contributed by atoms with Gasteiger partial charge in [0.05, 0.1) is 14.2 Å². The lowest BCUT2D eigenvalue weighted by molar-refractivity contribution is -0.00127. The highest BCUT2D eigenvalue weighted by atomic mass is 16.5. The first-order chi connectivity index (χ1) is 12.4. The molecular formula is C18H18O8. The molecule has 2 atom stereocenters. The third-order valence-electron chi connectivity index (χ3n) is 4.24. The van der Waals surface area contributed by atoms with E-state index in [2.05, 4.69) is 0 Å². The van der Waals surface area contributed by atoms with Crippen molar-refractivity contribution in [1.82, 2.24) is 0 Å². The second-order valence-corrected chi connectivity index (χ2v) is 5.64. The highest BCUT2D eigenvalue weighted by Crippen LogP contribution is 2.49. The lowest BCUT2D eigenvalue weighted by Crippen LogP contribution is -2.37. The molecule has 1 aliphatic rings. The number of benzene rings is 2. The maximum atomic E-state index is 12.8. The van der Waals surface area contributed by atoms with Gasteiger partial charge >= 0.3 is 0 Å². The van der Waals surface area contributed by atoms with Gasteiger partial charge in [0, 0.05) is 13.2 Å². The molecular weight excluding hydrogens is 344 g/mol. The van der Waals surface area contributed by atoms with E-state index in [9.17, 15) is 20.1 Å². The van der Waals surface area contributed by atoms with Crippen molar-refractivity contribution in [2.75, 3.05) is 21.3 Å². The zero-order valence-corrected chi connectivity index (χ0v) is 14.3. The Morgan fingerprint density at radius 1 is 0.962 bits per heavy atom. The number of methoxy groups -OCH3 is 3. The largest absolute Gasteiger partial charge is 0.504 e. The van der Waals surface area contributed by atoms with Gasteiger partial charge < -0.3 is 34.3 Å². The maximum Gasteiger partial charge on any atom is 0.203 e. The number of ether oxygens (including phenoxy) is 4. The molecule has 2 aromatic carbocycles. The van der Waals surface area contributed by atoms with Crippen LogP contribution in [0, 0.1) is 0 Å². The van der Waals surface area contributed by atoms with Gasteiger partial charge in [0.1, 0.15) is 11.3 Å². The first-order valence-electron chi connectivity index (χ1n) is 7.66. The fourth-order valence-corrected chi connectivity index (χ4v) is 2.93. The first kappa shape index (κ1) is 17.7. The summed E-state index contributed by atoms with van der Waals surface area (Å²) in [5.74, 6) is -1.61. The van der Waals surface area contributed by atoms with Crippen LogP contribution in [0.2, 0.25) is 0 Å². The summed E-state index contributed by atoms with van der Waals surface area (Å²) in [5.41, 5.74) is 0.282. The van der Waals surface area contributed by atoms with Crippen LogP contribution in [-0.2, 0) is 4.74 Å². The number of carbonyl (C=O) groups excluding carboxylic acids is 1. The third kappa shape index (κ3) is 2.64. The number of fused-ring (bicyclic) bond motifs is 1. The molecule has 0 amide bonds. The Morgan fingerprint density at radius 3 is 2.23 bits per heavy atom. The molecule has 0 bridgehead atoms. The van der Waals surface area contributed by atoms with Gasteiger partial charge in [-0.3, -0.25) is 4.79 Å². The Bertz CT molecular complexity index is 861. The van der Waals surface area contributed by atoms with Crippen LogP contribution >= 0.6 is 0 Å². The molecule has 3 N–H and O–H groups in total. The van der Waals surface area contributed by atoms with Gasteiger partial charge in [0.15, 0.2) is 35.2 Å².